The fourth-order valence-corrected chi connectivity index (χ4v) is 4.61. The molecule has 160 valence electrons. The van der Waals surface area contributed by atoms with E-state index >= 15 is 0 Å². The molecule has 2 atom stereocenters. The lowest BCUT2D eigenvalue weighted by molar-refractivity contribution is 0.0170. The topological polar surface area (TPSA) is 48.9 Å². The van der Waals surface area contributed by atoms with E-state index in [0.29, 0.717) is 12.1 Å². The summed E-state index contributed by atoms with van der Waals surface area (Å²) in [7, 11) is 1.84. The summed E-state index contributed by atoms with van der Waals surface area (Å²) in [6.07, 6.45) is 1.00. The van der Waals surface area contributed by atoms with Crippen molar-refractivity contribution in [2.45, 2.75) is 32.4 Å². The lowest BCUT2D eigenvalue weighted by Crippen LogP contribution is -2.48. The predicted molar refractivity (Wildman–Crippen MR) is 134 cm³/mol. The van der Waals surface area contributed by atoms with Crippen molar-refractivity contribution in [1.82, 2.24) is 15.5 Å². The Labute approximate surface area is 196 Å². The normalized spacial score (nSPS) is 17.3. The summed E-state index contributed by atoms with van der Waals surface area (Å²) in [5.41, 5.74) is 1.33. The summed E-state index contributed by atoms with van der Waals surface area (Å²) in [5.74, 6) is 0.856. The number of rotatable bonds is 7. The van der Waals surface area contributed by atoms with E-state index in [9.17, 15) is 0 Å². The van der Waals surface area contributed by atoms with E-state index in [1.165, 1.54) is 15.3 Å². The van der Waals surface area contributed by atoms with Crippen LogP contribution in [0, 0.1) is 6.92 Å². The van der Waals surface area contributed by atoms with Gasteiger partial charge in [0.25, 0.3) is 0 Å². The third-order valence-electron chi connectivity index (χ3n) is 5.04. The Hall–Kier alpha value is -1.16. The molecule has 1 fully saturated rings. The minimum atomic E-state index is 0. The first-order chi connectivity index (χ1) is 13.7. The van der Waals surface area contributed by atoms with Crippen LogP contribution in [0.25, 0.3) is 0 Å². The second-order valence-electron chi connectivity index (χ2n) is 7.29. The Morgan fingerprint density at radius 1 is 1.17 bits per heavy atom. The molecule has 1 aliphatic rings. The highest BCUT2D eigenvalue weighted by atomic mass is 127. The molecule has 0 saturated carbocycles. The standard InChI is InChI=1S/C22H32N4OS.HI/c1-17(15-20-10-9-18(2)28-20)25-22(23-3)24-16-21(19-7-5-4-6-8-19)26-11-13-27-14-12-26;/h4-10,17,21H,11-16H2,1-3H3,(H2,23,24,25);1H. The summed E-state index contributed by atoms with van der Waals surface area (Å²) >= 11 is 1.87. The second-order valence-corrected chi connectivity index (χ2v) is 8.66. The quantitative estimate of drug-likeness (QED) is 0.326. The van der Waals surface area contributed by atoms with Gasteiger partial charge in [0.15, 0.2) is 5.96 Å². The molecule has 2 unspecified atom stereocenters. The summed E-state index contributed by atoms with van der Waals surface area (Å²) < 4.78 is 5.55. The largest absolute Gasteiger partial charge is 0.379 e. The molecule has 0 spiro atoms. The van der Waals surface area contributed by atoms with Gasteiger partial charge in [-0.1, -0.05) is 30.3 Å². The summed E-state index contributed by atoms with van der Waals surface area (Å²) in [6.45, 7) is 8.69. The molecule has 5 nitrogen and oxygen atoms in total. The molecule has 7 heteroatoms. The van der Waals surface area contributed by atoms with Gasteiger partial charge in [-0.2, -0.15) is 0 Å². The fourth-order valence-electron chi connectivity index (χ4n) is 3.59. The van der Waals surface area contributed by atoms with Crippen LogP contribution in [0.3, 0.4) is 0 Å². The van der Waals surface area contributed by atoms with E-state index in [4.69, 9.17) is 4.74 Å². The van der Waals surface area contributed by atoms with E-state index < -0.39 is 0 Å². The molecule has 2 aromatic rings. The Morgan fingerprint density at radius 2 is 1.90 bits per heavy atom. The van der Waals surface area contributed by atoms with Gasteiger partial charge in [-0.05, 0) is 31.5 Å². The third-order valence-corrected chi connectivity index (χ3v) is 6.07. The molecule has 2 heterocycles. The smallest absolute Gasteiger partial charge is 0.191 e. The average molecular weight is 529 g/mol. The van der Waals surface area contributed by atoms with E-state index in [-0.39, 0.29) is 24.0 Å². The number of nitrogens with zero attached hydrogens (tertiary/aromatic N) is 2. The first kappa shape index (κ1) is 24.1. The van der Waals surface area contributed by atoms with Gasteiger partial charge >= 0.3 is 0 Å². The van der Waals surface area contributed by atoms with Crippen LogP contribution in [0.1, 0.15) is 28.3 Å². The average Bonchev–Trinajstić information content (AvgIpc) is 3.13. The zero-order valence-electron chi connectivity index (χ0n) is 17.6. The molecule has 1 aromatic carbocycles. The van der Waals surface area contributed by atoms with E-state index in [1.807, 2.05) is 18.4 Å². The number of nitrogens with one attached hydrogen (secondary N) is 2. The van der Waals surface area contributed by atoms with Crippen molar-refractivity contribution in [3.63, 3.8) is 0 Å². The van der Waals surface area contributed by atoms with Gasteiger partial charge < -0.3 is 15.4 Å². The lowest BCUT2D eigenvalue weighted by Gasteiger charge is -2.35. The number of benzene rings is 1. The van der Waals surface area contributed by atoms with Gasteiger partial charge in [-0.3, -0.25) is 9.89 Å². The highest BCUT2D eigenvalue weighted by molar-refractivity contribution is 14.0. The maximum absolute atomic E-state index is 5.55. The van der Waals surface area contributed by atoms with E-state index in [0.717, 1.165) is 45.2 Å². The van der Waals surface area contributed by atoms with E-state index in [1.54, 1.807) is 0 Å². The molecule has 2 N–H and O–H groups in total. The molecular weight excluding hydrogens is 495 g/mol. The SMILES string of the molecule is CN=C(NCC(c1ccccc1)N1CCOCC1)NC(C)Cc1ccc(C)s1.I. The number of morpholine rings is 1. The van der Waals surface area contributed by atoms with Gasteiger partial charge in [0.05, 0.1) is 19.3 Å². The summed E-state index contributed by atoms with van der Waals surface area (Å²) in [4.78, 5) is 9.71. The zero-order chi connectivity index (χ0) is 19.8. The van der Waals surface area contributed by atoms with Crippen molar-refractivity contribution in [3.8, 4) is 0 Å². The third kappa shape index (κ3) is 7.55. The zero-order valence-corrected chi connectivity index (χ0v) is 20.7. The molecule has 1 aliphatic heterocycles. The van der Waals surface area contributed by atoms with Crippen molar-refractivity contribution in [3.05, 3.63) is 57.8 Å². The molecule has 0 aliphatic carbocycles. The molecule has 0 bridgehead atoms. The number of hydrogen-bond donors (Lipinski definition) is 2. The molecular formula is C22H33IN4OS. The molecule has 0 amide bonds. The highest BCUT2D eigenvalue weighted by Gasteiger charge is 2.23. The molecule has 29 heavy (non-hydrogen) atoms. The monoisotopic (exact) mass is 528 g/mol. The number of aryl methyl sites for hydroxylation is 1. The van der Waals surface area contributed by atoms with Crippen molar-refractivity contribution in [2.24, 2.45) is 4.99 Å². The van der Waals surface area contributed by atoms with Crippen LogP contribution in [0.2, 0.25) is 0 Å². The summed E-state index contributed by atoms with van der Waals surface area (Å²) in [5, 5.41) is 7.08. The van der Waals surface area contributed by atoms with E-state index in [2.05, 4.69) is 76.8 Å². The lowest BCUT2D eigenvalue weighted by atomic mass is 10.0. The van der Waals surface area contributed by atoms with Crippen LogP contribution in [-0.4, -0.2) is 56.8 Å². The van der Waals surface area contributed by atoms with Crippen LogP contribution in [0.5, 0.6) is 0 Å². The van der Waals surface area contributed by atoms with Crippen molar-refractivity contribution in [1.29, 1.82) is 0 Å². The minimum Gasteiger partial charge on any atom is -0.379 e. The van der Waals surface area contributed by atoms with Gasteiger partial charge in [-0.25, -0.2) is 0 Å². The van der Waals surface area contributed by atoms with Crippen LogP contribution in [0.4, 0.5) is 0 Å². The van der Waals surface area contributed by atoms with Crippen molar-refractivity contribution < 1.29 is 4.74 Å². The number of ether oxygens (including phenoxy) is 1. The van der Waals surface area contributed by atoms with Gasteiger partial charge in [0.2, 0.25) is 0 Å². The Morgan fingerprint density at radius 3 is 2.52 bits per heavy atom. The highest BCUT2D eigenvalue weighted by Crippen LogP contribution is 2.21. The second kappa shape index (κ2) is 12.5. The van der Waals surface area contributed by atoms with Gasteiger partial charge in [-0.15, -0.1) is 35.3 Å². The number of hydrogen-bond acceptors (Lipinski definition) is 4. The number of guanidine groups is 1. The van der Waals surface area contributed by atoms with Crippen molar-refractivity contribution in [2.75, 3.05) is 39.9 Å². The molecule has 3 rings (SSSR count). The first-order valence-electron chi connectivity index (χ1n) is 10.0. The predicted octanol–water partition coefficient (Wildman–Crippen LogP) is 3.84. The van der Waals surface area contributed by atoms with Crippen LogP contribution >= 0.6 is 35.3 Å². The molecule has 0 radical (unpaired) electrons. The Balaban J connectivity index is 0.00000300. The number of thiophene rings is 1. The maximum atomic E-state index is 5.55. The number of aliphatic imine (C=N–C) groups is 1. The first-order valence-corrected chi connectivity index (χ1v) is 10.9. The molecule has 1 saturated heterocycles. The van der Waals surface area contributed by atoms with Gasteiger partial charge in [0.1, 0.15) is 0 Å². The van der Waals surface area contributed by atoms with Gasteiger partial charge in [0, 0.05) is 48.9 Å². The van der Waals surface area contributed by atoms with Crippen molar-refractivity contribution >= 4 is 41.3 Å². The van der Waals surface area contributed by atoms with Crippen LogP contribution < -0.4 is 10.6 Å². The Bertz CT molecular complexity index is 746. The fraction of sp³-hybridized carbons (Fsp3) is 0.500. The minimum absolute atomic E-state index is 0. The van der Waals surface area contributed by atoms with Crippen LogP contribution in [0.15, 0.2) is 47.5 Å². The maximum Gasteiger partial charge on any atom is 0.191 e. The van der Waals surface area contributed by atoms with Crippen LogP contribution in [-0.2, 0) is 11.2 Å². The Kier molecular flexibility index (Phi) is 10.4. The summed E-state index contributed by atoms with van der Waals surface area (Å²) in [6, 6.07) is 15.7. The number of halogens is 1. The molecule has 1 aromatic heterocycles.